The first-order valence-electron chi connectivity index (χ1n) is 6.06. The lowest BCUT2D eigenvalue weighted by Gasteiger charge is -2.24. The van der Waals surface area contributed by atoms with Gasteiger partial charge in [0, 0.05) is 13.0 Å². The summed E-state index contributed by atoms with van der Waals surface area (Å²) in [6.07, 6.45) is -0.409. The van der Waals surface area contributed by atoms with Gasteiger partial charge in [-0.1, -0.05) is 0 Å². The number of nitriles is 1. The van der Waals surface area contributed by atoms with Crippen molar-refractivity contribution in [3.05, 3.63) is 5.57 Å². The van der Waals surface area contributed by atoms with Crippen LogP contribution in [0.3, 0.4) is 0 Å². The van der Waals surface area contributed by atoms with E-state index in [9.17, 15) is 9.59 Å². The molecule has 19 heavy (non-hydrogen) atoms. The van der Waals surface area contributed by atoms with Crippen LogP contribution in [0.25, 0.3) is 0 Å². The molecule has 1 aliphatic rings. The number of alkyl carbamates (subject to hydrolysis) is 1. The largest absolute Gasteiger partial charge is 0.444 e. The Morgan fingerprint density at radius 3 is 2.58 bits per heavy atom. The molecule has 6 nitrogen and oxygen atoms in total. The molecular weight excluding hydrogens is 248 g/mol. The minimum atomic E-state index is -1.04. The first-order chi connectivity index (χ1) is 8.79. The number of carbonyl (C=O) groups excluding carboxylic acids is 2. The van der Waals surface area contributed by atoms with E-state index in [1.54, 1.807) is 33.6 Å². The van der Waals surface area contributed by atoms with Crippen LogP contribution in [0.15, 0.2) is 5.57 Å². The van der Waals surface area contributed by atoms with E-state index in [1.165, 1.54) is 0 Å². The minimum absolute atomic E-state index is 0.304. The van der Waals surface area contributed by atoms with Crippen molar-refractivity contribution in [3.63, 3.8) is 0 Å². The predicted octanol–water partition coefficient (Wildman–Crippen LogP) is 1.34. The van der Waals surface area contributed by atoms with Crippen molar-refractivity contribution in [3.8, 4) is 6.07 Å². The molecule has 1 rings (SSSR count). The lowest BCUT2D eigenvalue weighted by molar-refractivity contribution is 0.0221. The molecule has 1 N–H and O–H groups in total. The third kappa shape index (κ3) is 3.57. The standard InChI is InChI=1S/C13H18N2O4/c1-5-18-13(6-9(13)8-16)10(7-14)15-11(17)19-12(2,3)4/h10H,5-6H2,1-4H3,(H,15,17). The molecule has 0 spiro atoms. The maximum absolute atomic E-state index is 11.7. The Hall–Kier alpha value is -1.83. The summed E-state index contributed by atoms with van der Waals surface area (Å²) in [6, 6.07) is 0.974. The van der Waals surface area contributed by atoms with Crippen LogP contribution in [0.1, 0.15) is 34.1 Å². The second-order valence-electron chi connectivity index (χ2n) is 5.29. The van der Waals surface area contributed by atoms with E-state index in [0.717, 1.165) is 0 Å². The second kappa shape index (κ2) is 5.43. The number of rotatable bonds is 4. The zero-order valence-corrected chi connectivity index (χ0v) is 11.6. The zero-order valence-electron chi connectivity index (χ0n) is 11.6. The Morgan fingerprint density at radius 2 is 2.21 bits per heavy atom. The van der Waals surface area contributed by atoms with Crippen molar-refractivity contribution in [2.45, 2.75) is 51.4 Å². The van der Waals surface area contributed by atoms with Gasteiger partial charge < -0.3 is 14.8 Å². The molecule has 6 heteroatoms. The fourth-order valence-electron chi connectivity index (χ4n) is 1.77. The van der Waals surface area contributed by atoms with Gasteiger partial charge >= 0.3 is 6.09 Å². The molecule has 0 bridgehead atoms. The summed E-state index contributed by atoms with van der Waals surface area (Å²) in [5.74, 6) is 1.75. The zero-order chi connectivity index (χ0) is 14.7. The number of amides is 1. The van der Waals surface area contributed by atoms with Crippen LogP contribution in [0, 0.1) is 11.3 Å². The molecule has 0 aliphatic heterocycles. The molecule has 1 amide bonds. The van der Waals surface area contributed by atoms with Crippen molar-refractivity contribution in [2.24, 2.45) is 0 Å². The van der Waals surface area contributed by atoms with Crippen LogP contribution in [0.5, 0.6) is 0 Å². The van der Waals surface area contributed by atoms with E-state index >= 15 is 0 Å². The molecule has 0 aromatic rings. The van der Waals surface area contributed by atoms with Gasteiger partial charge in [-0.3, -0.25) is 0 Å². The highest BCUT2D eigenvalue weighted by Gasteiger charge is 2.59. The van der Waals surface area contributed by atoms with Crippen LogP contribution in [0.2, 0.25) is 0 Å². The summed E-state index contributed by atoms with van der Waals surface area (Å²) in [4.78, 5) is 22.4. The maximum atomic E-state index is 11.7. The Balaban J connectivity index is 2.77. The van der Waals surface area contributed by atoms with Gasteiger partial charge in [0.1, 0.15) is 17.1 Å². The Kier molecular flexibility index (Phi) is 4.35. The van der Waals surface area contributed by atoms with E-state index in [1.807, 2.05) is 6.07 Å². The summed E-state index contributed by atoms with van der Waals surface area (Å²) in [5, 5.41) is 11.6. The molecule has 0 aromatic carbocycles. The van der Waals surface area contributed by atoms with Gasteiger partial charge in [0.15, 0.2) is 6.04 Å². The van der Waals surface area contributed by atoms with Gasteiger partial charge in [0.2, 0.25) is 0 Å². The topological polar surface area (TPSA) is 88.4 Å². The van der Waals surface area contributed by atoms with E-state index in [-0.39, 0.29) is 0 Å². The molecule has 104 valence electrons. The lowest BCUT2D eigenvalue weighted by Crippen LogP contribution is -2.47. The van der Waals surface area contributed by atoms with Gasteiger partial charge in [-0.15, -0.1) is 0 Å². The molecule has 2 atom stereocenters. The molecule has 0 heterocycles. The number of hydrogen-bond acceptors (Lipinski definition) is 5. The second-order valence-corrected chi connectivity index (χ2v) is 5.29. The summed E-state index contributed by atoms with van der Waals surface area (Å²) < 4.78 is 10.5. The Labute approximate surface area is 112 Å². The highest BCUT2D eigenvalue weighted by Crippen LogP contribution is 2.47. The molecule has 1 aliphatic carbocycles. The predicted molar refractivity (Wildman–Crippen MR) is 67.0 cm³/mol. The van der Waals surface area contributed by atoms with Crippen LogP contribution in [0.4, 0.5) is 4.79 Å². The average molecular weight is 266 g/mol. The third-order valence-corrected chi connectivity index (χ3v) is 2.61. The number of hydrogen-bond donors (Lipinski definition) is 1. The first-order valence-corrected chi connectivity index (χ1v) is 6.06. The van der Waals surface area contributed by atoms with Crippen molar-refractivity contribution in [1.29, 1.82) is 5.26 Å². The van der Waals surface area contributed by atoms with Gasteiger partial charge in [0.05, 0.1) is 11.6 Å². The normalized spacial score (nSPS) is 23.0. The van der Waals surface area contributed by atoms with Crippen LogP contribution < -0.4 is 5.32 Å². The maximum Gasteiger partial charge on any atom is 0.408 e. The highest BCUT2D eigenvalue weighted by atomic mass is 16.6. The van der Waals surface area contributed by atoms with Crippen molar-refractivity contribution >= 4 is 12.0 Å². The molecule has 0 radical (unpaired) electrons. The quantitative estimate of drug-likeness (QED) is 0.776. The molecule has 2 unspecified atom stereocenters. The number of carbonyl (C=O) groups is 1. The third-order valence-electron chi connectivity index (χ3n) is 2.61. The molecule has 1 fully saturated rings. The molecule has 0 saturated heterocycles. The van der Waals surface area contributed by atoms with Crippen molar-refractivity contribution < 1.29 is 19.1 Å². The van der Waals surface area contributed by atoms with Gasteiger partial charge in [-0.05, 0) is 27.7 Å². The van der Waals surface area contributed by atoms with Crippen LogP contribution in [-0.2, 0) is 14.3 Å². The van der Waals surface area contributed by atoms with E-state index in [4.69, 9.17) is 14.7 Å². The van der Waals surface area contributed by atoms with Crippen molar-refractivity contribution in [2.75, 3.05) is 6.61 Å². The fourth-order valence-corrected chi connectivity index (χ4v) is 1.77. The van der Waals surface area contributed by atoms with E-state index in [2.05, 4.69) is 5.32 Å². The monoisotopic (exact) mass is 266 g/mol. The summed E-state index contributed by atoms with van der Waals surface area (Å²) in [6.45, 7) is 7.25. The number of ether oxygens (including phenoxy) is 2. The van der Waals surface area contributed by atoms with Crippen LogP contribution in [-0.4, -0.2) is 35.9 Å². The SMILES string of the molecule is CCOC1(C(C#N)NC(=O)OC(C)(C)C)CC1=C=O. The van der Waals surface area contributed by atoms with Crippen LogP contribution >= 0.6 is 0 Å². The Morgan fingerprint density at radius 1 is 1.58 bits per heavy atom. The average Bonchev–Trinajstić information content (AvgIpc) is 2.98. The lowest BCUT2D eigenvalue weighted by atomic mass is 10.1. The highest BCUT2D eigenvalue weighted by molar-refractivity contribution is 5.72. The van der Waals surface area contributed by atoms with Crippen molar-refractivity contribution in [1.82, 2.24) is 5.32 Å². The summed E-state index contributed by atoms with van der Waals surface area (Å²) in [5.41, 5.74) is -1.34. The van der Waals surface area contributed by atoms with Gasteiger partial charge in [-0.25, -0.2) is 9.59 Å². The Bertz CT molecular complexity index is 454. The first kappa shape index (κ1) is 15.2. The number of nitrogens with zero attached hydrogens (tertiary/aromatic N) is 1. The summed E-state index contributed by atoms with van der Waals surface area (Å²) in [7, 11) is 0. The minimum Gasteiger partial charge on any atom is -0.444 e. The smallest absolute Gasteiger partial charge is 0.408 e. The molecule has 1 saturated carbocycles. The molecule has 0 aromatic heterocycles. The fraction of sp³-hybridized carbons (Fsp3) is 0.692. The van der Waals surface area contributed by atoms with E-state index < -0.39 is 23.3 Å². The van der Waals surface area contributed by atoms with E-state index in [0.29, 0.717) is 18.6 Å². The van der Waals surface area contributed by atoms with Gasteiger partial charge in [-0.2, -0.15) is 5.26 Å². The summed E-state index contributed by atoms with van der Waals surface area (Å²) >= 11 is 0. The molecular formula is C13H18N2O4. The number of nitrogens with one attached hydrogen (secondary N) is 1. The van der Waals surface area contributed by atoms with Gasteiger partial charge in [0.25, 0.3) is 0 Å².